The van der Waals surface area contributed by atoms with Crippen LogP contribution in [0.3, 0.4) is 0 Å². The molecule has 0 aromatic heterocycles. The van der Waals surface area contributed by atoms with Crippen LogP contribution in [0.15, 0.2) is 4.99 Å². The molecule has 0 radical (unpaired) electrons. The number of nitrogens with zero attached hydrogens (tertiary/aromatic N) is 2. The molecule has 0 amide bonds. The molecular formula is C12H27IN4O. The molecule has 0 bridgehead atoms. The Bertz CT molecular complexity index is 220. The second kappa shape index (κ2) is 12.0. The van der Waals surface area contributed by atoms with Crippen LogP contribution in [0, 0.1) is 0 Å². The van der Waals surface area contributed by atoms with E-state index in [1.807, 2.05) is 0 Å². The largest absolute Gasteiger partial charge is 0.379 e. The summed E-state index contributed by atoms with van der Waals surface area (Å²) in [5.74, 6) is 0.582. The van der Waals surface area contributed by atoms with Crippen LogP contribution in [0.2, 0.25) is 0 Å². The number of nitrogens with one attached hydrogen (secondary N) is 1. The van der Waals surface area contributed by atoms with Gasteiger partial charge in [0, 0.05) is 26.2 Å². The minimum absolute atomic E-state index is 0. The van der Waals surface area contributed by atoms with Crippen molar-refractivity contribution in [3.8, 4) is 0 Å². The van der Waals surface area contributed by atoms with Gasteiger partial charge in [-0.3, -0.25) is 9.89 Å². The smallest absolute Gasteiger partial charge is 0.188 e. The number of aliphatic imine (C=N–C) groups is 1. The molecular weight excluding hydrogens is 343 g/mol. The molecule has 1 aliphatic heterocycles. The molecule has 0 atom stereocenters. The second-order valence-electron chi connectivity index (χ2n) is 4.35. The summed E-state index contributed by atoms with van der Waals surface area (Å²) in [4.78, 5) is 6.64. The van der Waals surface area contributed by atoms with Gasteiger partial charge in [0.25, 0.3) is 0 Å². The quantitative estimate of drug-likeness (QED) is 0.304. The molecule has 5 nitrogen and oxygen atoms in total. The van der Waals surface area contributed by atoms with Crippen molar-refractivity contribution in [2.45, 2.75) is 26.2 Å². The van der Waals surface area contributed by atoms with Gasteiger partial charge in [0.1, 0.15) is 0 Å². The van der Waals surface area contributed by atoms with Crippen LogP contribution < -0.4 is 11.1 Å². The molecule has 1 saturated heterocycles. The van der Waals surface area contributed by atoms with Gasteiger partial charge < -0.3 is 15.8 Å². The fourth-order valence-corrected chi connectivity index (χ4v) is 1.79. The van der Waals surface area contributed by atoms with E-state index in [4.69, 9.17) is 10.5 Å². The summed E-state index contributed by atoms with van der Waals surface area (Å²) in [6.45, 7) is 8.91. The highest BCUT2D eigenvalue weighted by Crippen LogP contribution is 1.99. The van der Waals surface area contributed by atoms with E-state index < -0.39 is 0 Å². The average molecular weight is 370 g/mol. The molecule has 1 rings (SSSR count). The van der Waals surface area contributed by atoms with Gasteiger partial charge in [0.05, 0.1) is 13.2 Å². The average Bonchev–Trinajstić information content (AvgIpc) is 2.37. The summed E-state index contributed by atoms with van der Waals surface area (Å²) >= 11 is 0. The van der Waals surface area contributed by atoms with E-state index in [0.29, 0.717) is 5.96 Å². The minimum atomic E-state index is 0. The van der Waals surface area contributed by atoms with Crippen LogP contribution in [0.4, 0.5) is 0 Å². The van der Waals surface area contributed by atoms with Crippen molar-refractivity contribution >= 4 is 29.9 Å². The molecule has 3 N–H and O–H groups in total. The standard InChI is InChI=1S/C12H26N4O.HI/c1-2-5-14-12(13)15-6-3-4-7-16-8-10-17-11-9-16;/h2-11H2,1H3,(H3,13,14,15);1H. The Balaban J connectivity index is 0.00000289. The van der Waals surface area contributed by atoms with Crippen molar-refractivity contribution in [3.05, 3.63) is 0 Å². The first-order valence-corrected chi connectivity index (χ1v) is 6.67. The zero-order valence-corrected chi connectivity index (χ0v) is 13.7. The summed E-state index contributed by atoms with van der Waals surface area (Å²) in [6, 6.07) is 0. The van der Waals surface area contributed by atoms with Crippen molar-refractivity contribution in [2.75, 3.05) is 45.9 Å². The highest BCUT2D eigenvalue weighted by molar-refractivity contribution is 14.0. The molecule has 1 fully saturated rings. The van der Waals surface area contributed by atoms with Crippen LogP contribution in [-0.4, -0.2) is 56.8 Å². The van der Waals surface area contributed by atoms with Crippen LogP contribution in [0.1, 0.15) is 26.2 Å². The maximum Gasteiger partial charge on any atom is 0.188 e. The van der Waals surface area contributed by atoms with Crippen LogP contribution in [-0.2, 0) is 4.74 Å². The molecule has 0 aliphatic carbocycles. The maximum absolute atomic E-state index is 5.70. The van der Waals surface area contributed by atoms with Crippen molar-refractivity contribution in [3.63, 3.8) is 0 Å². The van der Waals surface area contributed by atoms with E-state index in [2.05, 4.69) is 22.1 Å². The summed E-state index contributed by atoms with van der Waals surface area (Å²) in [5, 5.41) is 3.14. The predicted molar refractivity (Wildman–Crippen MR) is 86.7 cm³/mol. The monoisotopic (exact) mass is 370 g/mol. The van der Waals surface area contributed by atoms with Gasteiger partial charge in [0.2, 0.25) is 0 Å². The van der Waals surface area contributed by atoms with Gasteiger partial charge >= 0.3 is 0 Å². The van der Waals surface area contributed by atoms with Gasteiger partial charge in [0.15, 0.2) is 5.96 Å². The van der Waals surface area contributed by atoms with E-state index in [0.717, 1.165) is 58.8 Å². The lowest BCUT2D eigenvalue weighted by Crippen LogP contribution is -2.37. The van der Waals surface area contributed by atoms with Gasteiger partial charge in [-0.15, -0.1) is 24.0 Å². The fourth-order valence-electron chi connectivity index (χ4n) is 1.79. The van der Waals surface area contributed by atoms with Crippen molar-refractivity contribution in [2.24, 2.45) is 10.7 Å². The number of hydrogen-bond donors (Lipinski definition) is 2. The van der Waals surface area contributed by atoms with Gasteiger partial charge in [-0.25, -0.2) is 0 Å². The van der Waals surface area contributed by atoms with E-state index in [1.54, 1.807) is 0 Å². The van der Waals surface area contributed by atoms with E-state index >= 15 is 0 Å². The zero-order valence-electron chi connectivity index (χ0n) is 11.4. The minimum Gasteiger partial charge on any atom is -0.379 e. The predicted octanol–water partition coefficient (Wildman–Crippen LogP) is 1.03. The lowest BCUT2D eigenvalue weighted by atomic mass is 10.3. The molecule has 6 heteroatoms. The topological polar surface area (TPSA) is 62.9 Å². The van der Waals surface area contributed by atoms with Crippen LogP contribution in [0.5, 0.6) is 0 Å². The number of morpholine rings is 1. The third-order valence-electron chi connectivity index (χ3n) is 2.82. The van der Waals surface area contributed by atoms with Crippen molar-refractivity contribution in [1.82, 2.24) is 10.2 Å². The Kier molecular flexibility index (Phi) is 11.9. The first-order chi connectivity index (χ1) is 8.33. The summed E-state index contributed by atoms with van der Waals surface area (Å²) < 4.78 is 5.31. The molecule has 1 heterocycles. The Morgan fingerprint density at radius 3 is 2.72 bits per heavy atom. The Hall–Kier alpha value is -0.0800. The number of ether oxygens (including phenoxy) is 1. The Morgan fingerprint density at radius 2 is 2.06 bits per heavy atom. The number of rotatable bonds is 7. The van der Waals surface area contributed by atoms with E-state index in [1.165, 1.54) is 6.42 Å². The number of nitrogens with two attached hydrogens (primary N) is 1. The molecule has 18 heavy (non-hydrogen) atoms. The van der Waals surface area contributed by atoms with Crippen LogP contribution >= 0.6 is 24.0 Å². The molecule has 0 aromatic rings. The first-order valence-electron chi connectivity index (χ1n) is 6.67. The molecule has 0 saturated carbocycles. The molecule has 0 aromatic carbocycles. The summed E-state index contributed by atoms with van der Waals surface area (Å²) in [6.07, 6.45) is 3.38. The lowest BCUT2D eigenvalue weighted by Gasteiger charge is -2.26. The SMILES string of the molecule is CCCN=C(N)NCCCCN1CCOCC1.I. The zero-order chi connectivity index (χ0) is 12.3. The third kappa shape index (κ3) is 8.93. The molecule has 0 spiro atoms. The normalized spacial score (nSPS) is 17.3. The van der Waals surface area contributed by atoms with Gasteiger partial charge in [-0.05, 0) is 25.8 Å². The van der Waals surface area contributed by atoms with Crippen LogP contribution in [0.25, 0.3) is 0 Å². The molecule has 1 aliphatic rings. The van der Waals surface area contributed by atoms with Gasteiger partial charge in [-0.1, -0.05) is 6.92 Å². The number of guanidine groups is 1. The second-order valence-corrected chi connectivity index (χ2v) is 4.35. The maximum atomic E-state index is 5.70. The summed E-state index contributed by atoms with van der Waals surface area (Å²) in [5.41, 5.74) is 5.70. The third-order valence-corrected chi connectivity index (χ3v) is 2.82. The van der Waals surface area contributed by atoms with E-state index in [9.17, 15) is 0 Å². The molecule has 108 valence electrons. The highest BCUT2D eigenvalue weighted by Gasteiger charge is 2.08. The van der Waals surface area contributed by atoms with Crippen molar-refractivity contribution in [1.29, 1.82) is 0 Å². The number of hydrogen-bond acceptors (Lipinski definition) is 3. The highest BCUT2D eigenvalue weighted by atomic mass is 127. The number of unbranched alkanes of at least 4 members (excludes halogenated alkanes) is 1. The number of halogens is 1. The molecule has 0 unspecified atom stereocenters. The fraction of sp³-hybridized carbons (Fsp3) is 0.917. The van der Waals surface area contributed by atoms with Gasteiger partial charge in [-0.2, -0.15) is 0 Å². The first kappa shape index (κ1) is 17.9. The summed E-state index contributed by atoms with van der Waals surface area (Å²) in [7, 11) is 0. The Labute approximate surface area is 128 Å². The lowest BCUT2D eigenvalue weighted by molar-refractivity contribution is 0.0372. The van der Waals surface area contributed by atoms with Crippen molar-refractivity contribution < 1.29 is 4.74 Å². The van der Waals surface area contributed by atoms with E-state index in [-0.39, 0.29) is 24.0 Å². The Morgan fingerprint density at radius 1 is 1.33 bits per heavy atom.